The van der Waals surface area contributed by atoms with Crippen molar-refractivity contribution in [2.45, 2.75) is 6.42 Å². The van der Waals surface area contributed by atoms with E-state index in [1.807, 2.05) is 36.6 Å². The van der Waals surface area contributed by atoms with Crippen LogP contribution in [0.25, 0.3) is 0 Å². The highest BCUT2D eigenvalue weighted by molar-refractivity contribution is 5.74. The van der Waals surface area contributed by atoms with Gasteiger partial charge in [-0.05, 0) is 29.8 Å². The summed E-state index contributed by atoms with van der Waals surface area (Å²) in [4.78, 5) is 10.5. The second-order valence-electron chi connectivity index (χ2n) is 3.57. The third-order valence-corrected chi connectivity index (χ3v) is 2.28. The molecule has 1 aromatic rings. The molecule has 0 spiro atoms. The first-order chi connectivity index (χ1) is 8.25. The summed E-state index contributed by atoms with van der Waals surface area (Å²) in [5, 5.41) is 14.6. The average Bonchev–Trinajstić information content (AvgIpc) is 2.58. The Kier molecular flexibility index (Phi) is 3.35. The van der Waals surface area contributed by atoms with Gasteiger partial charge in [0, 0.05) is 12.4 Å². The van der Waals surface area contributed by atoms with Crippen molar-refractivity contribution in [3.8, 4) is 0 Å². The maximum Gasteiger partial charge on any atom is 0.307 e. The molecule has 17 heavy (non-hydrogen) atoms. The summed E-state index contributed by atoms with van der Waals surface area (Å²) in [5.41, 5.74) is 1.68. The number of anilines is 1. The normalized spacial score (nSPS) is 13.8. The number of benzene rings is 1. The third-order valence-electron chi connectivity index (χ3n) is 2.28. The Labute approximate surface area is 99.2 Å². The number of carbonyl (C=O) groups is 1. The van der Waals surface area contributed by atoms with Gasteiger partial charge in [0.05, 0.1) is 12.1 Å². The smallest absolute Gasteiger partial charge is 0.307 e. The Morgan fingerprint density at radius 1 is 1.18 bits per heavy atom. The Morgan fingerprint density at radius 2 is 1.94 bits per heavy atom. The highest BCUT2D eigenvalue weighted by Gasteiger charge is 2.03. The van der Waals surface area contributed by atoms with Gasteiger partial charge in [-0.2, -0.15) is 5.10 Å². The highest BCUT2D eigenvalue weighted by Crippen LogP contribution is 2.17. The van der Waals surface area contributed by atoms with Gasteiger partial charge < -0.3 is 5.11 Å². The molecule has 0 radical (unpaired) electrons. The van der Waals surface area contributed by atoms with Crippen LogP contribution in [0.1, 0.15) is 5.56 Å². The van der Waals surface area contributed by atoms with Crippen molar-refractivity contribution in [2.24, 2.45) is 5.10 Å². The summed E-state index contributed by atoms with van der Waals surface area (Å²) in [5.74, 6) is -0.824. The minimum absolute atomic E-state index is 0.0426. The zero-order valence-electron chi connectivity index (χ0n) is 9.15. The molecule has 4 nitrogen and oxygen atoms in total. The van der Waals surface area contributed by atoms with Gasteiger partial charge in [0.2, 0.25) is 0 Å². The van der Waals surface area contributed by atoms with Crippen molar-refractivity contribution in [1.29, 1.82) is 0 Å². The number of allylic oxidation sites excluding steroid dienone is 3. The van der Waals surface area contributed by atoms with E-state index in [1.54, 1.807) is 23.4 Å². The van der Waals surface area contributed by atoms with Crippen molar-refractivity contribution in [3.63, 3.8) is 0 Å². The third kappa shape index (κ3) is 3.04. The Hall–Kier alpha value is -2.36. The quantitative estimate of drug-likeness (QED) is 0.862. The number of hydrogen-bond acceptors (Lipinski definition) is 3. The van der Waals surface area contributed by atoms with Crippen LogP contribution in [0.2, 0.25) is 0 Å². The lowest BCUT2D eigenvalue weighted by molar-refractivity contribution is -0.136. The highest BCUT2D eigenvalue weighted by atomic mass is 16.4. The zero-order chi connectivity index (χ0) is 12.1. The van der Waals surface area contributed by atoms with Crippen LogP contribution in [0.5, 0.6) is 0 Å². The van der Waals surface area contributed by atoms with Gasteiger partial charge in [0.25, 0.3) is 0 Å². The van der Waals surface area contributed by atoms with Crippen molar-refractivity contribution in [1.82, 2.24) is 0 Å². The Morgan fingerprint density at radius 3 is 2.65 bits per heavy atom. The molecule has 0 amide bonds. The zero-order valence-corrected chi connectivity index (χ0v) is 9.15. The van der Waals surface area contributed by atoms with Crippen LogP contribution in [0.15, 0.2) is 53.8 Å². The molecule has 0 aromatic heterocycles. The summed E-state index contributed by atoms with van der Waals surface area (Å²) >= 11 is 0. The van der Waals surface area contributed by atoms with Crippen LogP contribution in [0.4, 0.5) is 5.69 Å². The van der Waals surface area contributed by atoms with Gasteiger partial charge in [-0.1, -0.05) is 18.2 Å². The van der Waals surface area contributed by atoms with Gasteiger partial charge in [0.1, 0.15) is 0 Å². The summed E-state index contributed by atoms with van der Waals surface area (Å²) in [6, 6.07) is 7.30. The fraction of sp³-hybridized carbons (Fsp3) is 0.0769. The van der Waals surface area contributed by atoms with E-state index in [1.165, 1.54) is 0 Å². The second-order valence-corrected chi connectivity index (χ2v) is 3.57. The van der Waals surface area contributed by atoms with E-state index in [9.17, 15) is 4.79 Å². The maximum atomic E-state index is 10.5. The summed E-state index contributed by atoms with van der Waals surface area (Å²) < 4.78 is 0. The predicted molar refractivity (Wildman–Crippen MR) is 67.0 cm³/mol. The summed E-state index contributed by atoms with van der Waals surface area (Å²) in [6.07, 6.45) is 9.20. The van der Waals surface area contributed by atoms with E-state index >= 15 is 0 Å². The number of aliphatic carboxylic acids is 1. The van der Waals surface area contributed by atoms with Gasteiger partial charge >= 0.3 is 5.97 Å². The molecule has 0 saturated heterocycles. The number of hydrogen-bond donors (Lipinski definition) is 1. The molecule has 1 N–H and O–H groups in total. The van der Waals surface area contributed by atoms with E-state index < -0.39 is 5.97 Å². The van der Waals surface area contributed by atoms with Gasteiger partial charge in [-0.15, -0.1) is 0 Å². The molecule has 0 bridgehead atoms. The Balaban J connectivity index is 2.15. The van der Waals surface area contributed by atoms with Crippen LogP contribution in [0.3, 0.4) is 0 Å². The van der Waals surface area contributed by atoms with E-state index in [2.05, 4.69) is 5.10 Å². The number of hydrazone groups is 1. The standard InChI is InChI=1S/C13H12N2O2/c16-13(17)10-11-4-6-12(7-5-11)15-9-3-1-2-8-14-15/h1-9H,10H2,(H,16,17). The monoisotopic (exact) mass is 228 g/mol. The first-order valence-electron chi connectivity index (χ1n) is 5.23. The molecule has 0 atom stereocenters. The second kappa shape index (κ2) is 5.12. The predicted octanol–water partition coefficient (Wildman–Crippen LogP) is 2.19. The van der Waals surface area contributed by atoms with Crippen molar-refractivity contribution >= 4 is 17.9 Å². The largest absolute Gasteiger partial charge is 0.481 e. The lowest BCUT2D eigenvalue weighted by atomic mass is 10.1. The molecular weight excluding hydrogens is 216 g/mol. The number of carboxylic acids is 1. The molecule has 0 saturated carbocycles. The fourth-order valence-electron chi connectivity index (χ4n) is 1.49. The first-order valence-corrected chi connectivity index (χ1v) is 5.23. The molecule has 0 unspecified atom stereocenters. The molecule has 2 rings (SSSR count). The van der Waals surface area contributed by atoms with Crippen LogP contribution >= 0.6 is 0 Å². The van der Waals surface area contributed by atoms with Crippen molar-refractivity contribution in [2.75, 3.05) is 5.01 Å². The number of rotatable bonds is 3. The molecular formula is C13H12N2O2. The average molecular weight is 228 g/mol. The van der Waals surface area contributed by atoms with Gasteiger partial charge in [-0.25, -0.2) is 5.01 Å². The van der Waals surface area contributed by atoms with Crippen LogP contribution < -0.4 is 5.01 Å². The first kappa shape index (κ1) is 11.1. The number of nitrogens with zero attached hydrogens (tertiary/aromatic N) is 2. The lowest BCUT2D eigenvalue weighted by Crippen LogP contribution is -2.07. The molecule has 86 valence electrons. The minimum atomic E-state index is -0.824. The fourth-order valence-corrected chi connectivity index (χ4v) is 1.49. The van der Waals surface area contributed by atoms with Crippen LogP contribution in [-0.2, 0) is 11.2 Å². The maximum absolute atomic E-state index is 10.5. The van der Waals surface area contributed by atoms with Crippen molar-refractivity contribution in [3.05, 3.63) is 54.3 Å². The van der Waals surface area contributed by atoms with Crippen molar-refractivity contribution < 1.29 is 9.90 Å². The summed E-state index contributed by atoms with van der Waals surface area (Å²) in [6.45, 7) is 0. The Bertz CT molecular complexity index is 471. The lowest BCUT2D eigenvalue weighted by Gasteiger charge is -2.13. The molecule has 1 aromatic carbocycles. The molecule has 0 fully saturated rings. The van der Waals surface area contributed by atoms with Gasteiger partial charge in [0.15, 0.2) is 0 Å². The van der Waals surface area contributed by atoms with Crippen LogP contribution in [-0.4, -0.2) is 17.3 Å². The molecule has 1 aliphatic heterocycles. The topological polar surface area (TPSA) is 52.9 Å². The van der Waals surface area contributed by atoms with E-state index in [0.29, 0.717) is 0 Å². The van der Waals surface area contributed by atoms with E-state index in [4.69, 9.17) is 5.11 Å². The van der Waals surface area contributed by atoms with Gasteiger partial charge in [-0.3, -0.25) is 4.79 Å². The summed E-state index contributed by atoms with van der Waals surface area (Å²) in [7, 11) is 0. The SMILES string of the molecule is O=C(O)Cc1ccc(N2C=CC=CC=N2)cc1. The molecule has 0 aliphatic carbocycles. The molecule has 1 heterocycles. The van der Waals surface area contributed by atoms with E-state index in [-0.39, 0.29) is 6.42 Å². The molecule has 1 aliphatic rings. The molecule has 4 heteroatoms. The van der Waals surface area contributed by atoms with Crippen LogP contribution in [0, 0.1) is 0 Å². The minimum Gasteiger partial charge on any atom is -0.481 e. The number of carboxylic acid groups (broad SMARTS) is 1. The van der Waals surface area contributed by atoms with E-state index in [0.717, 1.165) is 11.3 Å².